The molecule has 0 amide bonds. The van der Waals surface area contributed by atoms with Crippen molar-refractivity contribution in [3.8, 4) is 0 Å². The van der Waals surface area contributed by atoms with Crippen LogP contribution in [0, 0.1) is 0 Å². The summed E-state index contributed by atoms with van der Waals surface area (Å²) in [6.45, 7) is 0. The van der Waals surface area contributed by atoms with Crippen LogP contribution < -0.4 is 5.43 Å². The first-order valence-electron chi connectivity index (χ1n) is 4.55. The normalized spacial score (nSPS) is 13.6. The molecule has 0 aliphatic heterocycles. The van der Waals surface area contributed by atoms with Gasteiger partial charge >= 0.3 is 12.4 Å². The molecule has 0 fully saturated rings. The van der Waals surface area contributed by atoms with Crippen LogP contribution in [0.25, 0.3) is 0 Å². The Kier molecular flexibility index (Phi) is 5.20. The van der Waals surface area contributed by atoms with Gasteiger partial charge in [0.25, 0.3) is 0 Å². The van der Waals surface area contributed by atoms with Gasteiger partial charge in [-0.3, -0.25) is 5.43 Å². The largest absolute Gasteiger partial charge is 0.441 e. The second kappa shape index (κ2) is 5.98. The monoisotopic (exact) mass is 402 g/mol. The zero-order valence-electron chi connectivity index (χ0n) is 9.00. The molecule has 0 aromatic heterocycles. The summed E-state index contributed by atoms with van der Waals surface area (Å²) in [4.78, 5) is 0. The van der Waals surface area contributed by atoms with Gasteiger partial charge in [0.2, 0.25) is 4.62 Å². The SMILES string of the molecule is FC(F)(F)C(Br)=NNc1c(Cl)cc(C(F)(F)F)cc1Cl. The first kappa shape index (κ1) is 17.4. The highest BCUT2D eigenvalue weighted by Gasteiger charge is 2.35. The standard InChI is InChI=1S/C9H3BrCl2F6N2/c10-7(9(16,17)18)20-19-6-4(11)1-3(2-5(6)12)8(13,14)15/h1-2,19H. The minimum atomic E-state index is -4.75. The predicted octanol–water partition coefficient (Wildman–Crippen LogP) is 5.69. The van der Waals surface area contributed by atoms with Crippen LogP contribution in [0.4, 0.5) is 32.0 Å². The minimum absolute atomic E-state index is 0.373. The average molecular weight is 404 g/mol. The molecule has 11 heteroatoms. The molecule has 0 bridgehead atoms. The molecule has 112 valence electrons. The van der Waals surface area contributed by atoms with Gasteiger partial charge < -0.3 is 0 Å². The van der Waals surface area contributed by atoms with Gasteiger partial charge in [-0.1, -0.05) is 23.2 Å². The van der Waals surface area contributed by atoms with Gasteiger partial charge in [-0.25, -0.2) is 0 Å². The number of benzene rings is 1. The van der Waals surface area contributed by atoms with E-state index in [4.69, 9.17) is 23.2 Å². The summed E-state index contributed by atoms with van der Waals surface area (Å²) in [5, 5.41) is 1.85. The fourth-order valence-electron chi connectivity index (χ4n) is 1.01. The van der Waals surface area contributed by atoms with Crippen molar-refractivity contribution in [2.75, 3.05) is 5.43 Å². The molecule has 0 unspecified atom stereocenters. The van der Waals surface area contributed by atoms with Gasteiger partial charge in [-0.2, -0.15) is 31.4 Å². The lowest BCUT2D eigenvalue weighted by Gasteiger charge is -2.12. The van der Waals surface area contributed by atoms with E-state index in [0.717, 1.165) is 0 Å². The molecule has 0 spiro atoms. The van der Waals surface area contributed by atoms with Gasteiger partial charge in [0, 0.05) is 0 Å². The molecule has 0 heterocycles. The summed E-state index contributed by atoms with van der Waals surface area (Å²) in [7, 11) is 0. The van der Waals surface area contributed by atoms with Gasteiger partial charge in [0.1, 0.15) is 0 Å². The molecule has 1 rings (SSSR count). The first-order chi connectivity index (χ1) is 8.93. The Morgan fingerprint density at radius 3 is 1.85 bits per heavy atom. The minimum Gasteiger partial charge on any atom is -0.274 e. The number of nitrogens with zero attached hydrogens (tertiary/aromatic N) is 1. The molecular formula is C9H3BrCl2F6N2. The number of alkyl halides is 6. The summed E-state index contributed by atoms with van der Waals surface area (Å²) in [6.07, 6.45) is -9.43. The number of hydrogen-bond acceptors (Lipinski definition) is 2. The summed E-state index contributed by atoms with van der Waals surface area (Å²) < 4.78 is 72.3. The number of rotatable bonds is 2. The highest BCUT2D eigenvalue weighted by atomic mass is 79.9. The van der Waals surface area contributed by atoms with Crippen LogP contribution in [0.2, 0.25) is 10.0 Å². The van der Waals surface area contributed by atoms with Gasteiger partial charge in [-0.05, 0) is 28.1 Å². The predicted molar refractivity (Wildman–Crippen MR) is 67.5 cm³/mol. The third kappa shape index (κ3) is 4.42. The molecule has 1 N–H and O–H groups in total. The topological polar surface area (TPSA) is 24.4 Å². The quantitative estimate of drug-likeness (QED) is 0.382. The van der Waals surface area contributed by atoms with Crippen molar-refractivity contribution < 1.29 is 26.3 Å². The Hall–Kier alpha value is -0.670. The maximum Gasteiger partial charge on any atom is 0.441 e. The lowest BCUT2D eigenvalue weighted by Crippen LogP contribution is -2.18. The molecule has 0 radical (unpaired) electrons. The molecule has 1 aromatic rings. The summed E-state index contributed by atoms with van der Waals surface area (Å²) >= 11 is 13.2. The molecule has 20 heavy (non-hydrogen) atoms. The van der Waals surface area contributed by atoms with E-state index in [0.29, 0.717) is 12.1 Å². The van der Waals surface area contributed by atoms with Crippen LogP contribution >= 0.6 is 39.1 Å². The van der Waals surface area contributed by atoms with E-state index in [-0.39, 0.29) is 5.69 Å². The van der Waals surface area contributed by atoms with Crippen LogP contribution in [0.3, 0.4) is 0 Å². The lowest BCUT2D eigenvalue weighted by atomic mass is 10.2. The second-order valence-electron chi connectivity index (χ2n) is 3.32. The molecule has 2 nitrogen and oxygen atoms in total. The first-order valence-corrected chi connectivity index (χ1v) is 6.10. The Morgan fingerprint density at radius 1 is 1.05 bits per heavy atom. The zero-order chi connectivity index (χ0) is 15.7. The van der Waals surface area contributed by atoms with Crippen LogP contribution in [-0.4, -0.2) is 10.8 Å². The fourth-order valence-corrected chi connectivity index (χ4v) is 1.67. The van der Waals surface area contributed by atoms with Crippen molar-refractivity contribution in [1.29, 1.82) is 0 Å². The number of nitrogens with one attached hydrogen (secondary N) is 1. The molecule has 0 aliphatic carbocycles. The molecule has 0 atom stereocenters. The number of halogens is 9. The van der Waals surface area contributed by atoms with E-state index in [9.17, 15) is 26.3 Å². The Balaban J connectivity index is 3.11. The highest BCUT2D eigenvalue weighted by molar-refractivity contribution is 9.18. The number of hydrogen-bond donors (Lipinski definition) is 1. The summed E-state index contributed by atoms with van der Waals surface area (Å²) in [5.74, 6) is 0. The summed E-state index contributed by atoms with van der Waals surface area (Å²) in [6, 6.07) is 1.04. The third-order valence-corrected chi connectivity index (χ3v) is 3.09. The van der Waals surface area contributed by atoms with Gasteiger partial charge in [0.05, 0.1) is 21.3 Å². The molecule has 1 aromatic carbocycles. The number of anilines is 1. The van der Waals surface area contributed by atoms with Crippen LogP contribution in [0.1, 0.15) is 5.56 Å². The number of hydrazone groups is 1. The maximum atomic E-state index is 12.4. The van der Waals surface area contributed by atoms with E-state index >= 15 is 0 Å². The van der Waals surface area contributed by atoms with E-state index < -0.39 is 32.6 Å². The van der Waals surface area contributed by atoms with Crippen molar-refractivity contribution in [3.63, 3.8) is 0 Å². The molecule has 0 saturated carbocycles. The van der Waals surface area contributed by atoms with E-state index in [1.807, 2.05) is 5.43 Å². The van der Waals surface area contributed by atoms with Crippen molar-refractivity contribution in [2.45, 2.75) is 12.4 Å². The maximum absolute atomic E-state index is 12.4. The Morgan fingerprint density at radius 2 is 1.50 bits per heavy atom. The van der Waals surface area contributed by atoms with Crippen molar-refractivity contribution in [2.24, 2.45) is 5.10 Å². The Bertz CT molecular complexity index is 517. The van der Waals surface area contributed by atoms with E-state index in [1.165, 1.54) is 0 Å². The molecule has 0 saturated heterocycles. The van der Waals surface area contributed by atoms with Gasteiger partial charge in [0.15, 0.2) is 0 Å². The van der Waals surface area contributed by atoms with Crippen molar-refractivity contribution in [1.82, 2.24) is 0 Å². The zero-order valence-corrected chi connectivity index (χ0v) is 12.1. The van der Waals surface area contributed by atoms with Crippen LogP contribution in [0.5, 0.6) is 0 Å². The molecular weight excluding hydrogens is 401 g/mol. The Labute approximate surface area is 126 Å². The fraction of sp³-hybridized carbons (Fsp3) is 0.222. The van der Waals surface area contributed by atoms with Crippen molar-refractivity contribution >= 4 is 49.4 Å². The highest BCUT2D eigenvalue weighted by Crippen LogP contribution is 2.38. The second-order valence-corrected chi connectivity index (χ2v) is 4.89. The van der Waals surface area contributed by atoms with Crippen LogP contribution in [0.15, 0.2) is 17.2 Å². The summed E-state index contributed by atoms with van der Waals surface area (Å²) in [5.41, 5.74) is 0.356. The van der Waals surface area contributed by atoms with E-state index in [1.54, 1.807) is 0 Å². The van der Waals surface area contributed by atoms with Gasteiger partial charge in [-0.15, -0.1) is 0 Å². The van der Waals surface area contributed by atoms with E-state index in [2.05, 4.69) is 21.0 Å². The third-order valence-electron chi connectivity index (χ3n) is 1.87. The molecule has 0 aliphatic rings. The smallest absolute Gasteiger partial charge is 0.274 e. The average Bonchev–Trinajstić information content (AvgIpc) is 2.24. The van der Waals surface area contributed by atoms with Crippen molar-refractivity contribution in [3.05, 3.63) is 27.7 Å². The van der Waals surface area contributed by atoms with Crippen LogP contribution in [-0.2, 0) is 6.18 Å². The lowest BCUT2D eigenvalue weighted by molar-refractivity contribution is -0.137.